The third-order valence-corrected chi connectivity index (χ3v) is 4.83. The van der Waals surface area contributed by atoms with Gasteiger partial charge in [0.1, 0.15) is 0 Å². The molecule has 1 aromatic rings. The van der Waals surface area contributed by atoms with Crippen LogP contribution in [0.4, 0.5) is 0 Å². The molecule has 1 saturated carbocycles. The van der Waals surface area contributed by atoms with Crippen LogP contribution in [0.1, 0.15) is 51.2 Å². The van der Waals surface area contributed by atoms with Crippen molar-refractivity contribution in [1.82, 2.24) is 20.9 Å². The molecule has 0 aliphatic heterocycles. The molecule has 0 aromatic carbocycles. The van der Waals surface area contributed by atoms with Gasteiger partial charge in [-0.1, -0.05) is 20.8 Å². The highest BCUT2D eigenvalue weighted by atomic mass is 127. The van der Waals surface area contributed by atoms with Gasteiger partial charge in [0.05, 0.1) is 10.7 Å². The Balaban J connectivity index is 0.00000338. The first-order valence-corrected chi connectivity index (χ1v) is 10.0. The Morgan fingerprint density at radius 1 is 1.27 bits per heavy atom. The number of hydrogen-bond donors (Lipinski definition) is 3. The van der Waals surface area contributed by atoms with Gasteiger partial charge in [-0.2, -0.15) is 0 Å². The van der Waals surface area contributed by atoms with E-state index < -0.39 is 0 Å². The second-order valence-corrected chi connectivity index (χ2v) is 8.32. The fourth-order valence-electron chi connectivity index (χ4n) is 2.23. The minimum Gasteiger partial charge on any atom is -0.357 e. The molecule has 1 fully saturated rings. The van der Waals surface area contributed by atoms with E-state index in [2.05, 4.69) is 47.1 Å². The highest BCUT2D eigenvalue weighted by Crippen LogP contribution is 2.28. The largest absolute Gasteiger partial charge is 0.357 e. The number of aromatic nitrogens is 1. The summed E-state index contributed by atoms with van der Waals surface area (Å²) < 4.78 is 0. The SMILES string of the molecule is CCNC(=NCCc1nc(C(C)(C)C)cs1)NCCNC(=O)C1CC1.I. The lowest BCUT2D eigenvalue weighted by Gasteiger charge is -2.14. The molecule has 1 aliphatic rings. The van der Waals surface area contributed by atoms with E-state index >= 15 is 0 Å². The van der Waals surface area contributed by atoms with E-state index in [1.165, 1.54) is 0 Å². The summed E-state index contributed by atoms with van der Waals surface area (Å²) in [5.41, 5.74) is 1.24. The summed E-state index contributed by atoms with van der Waals surface area (Å²) in [4.78, 5) is 20.9. The smallest absolute Gasteiger partial charge is 0.223 e. The molecule has 1 aliphatic carbocycles. The number of thiazole rings is 1. The fraction of sp³-hybridized carbons (Fsp3) is 0.722. The van der Waals surface area contributed by atoms with Crippen molar-refractivity contribution in [1.29, 1.82) is 0 Å². The summed E-state index contributed by atoms with van der Waals surface area (Å²) in [5, 5.41) is 12.7. The predicted octanol–water partition coefficient (Wildman–Crippen LogP) is 2.68. The van der Waals surface area contributed by atoms with E-state index in [0.717, 1.165) is 42.5 Å². The van der Waals surface area contributed by atoms with Crippen molar-refractivity contribution >= 4 is 47.2 Å². The van der Waals surface area contributed by atoms with Crippen LogP contribution in [0.3, 0.4) is 0 Å². The van der Waals surface area contributed by atoms with Crippen molar-refractivity contribution in [2.24, 2.45) is 10.9 Å². The highest BCUT2D eigenvalue weighted by Gasteiger charge is 2.28. The Morgan fingerprint density at radius 3 is 2.54 bits per heavy atom. The van der Waals surface area contributed by atoms with E-state index in [1.807, 2.05) is 6.92 Å². The number of guanidine groups is 1. The lowest BCUT2D eigenvalue weighted by molar-refractivity contribution is -0.122. The van der Waals surface area contributed by atoms with Gasteiger partial charge in [-0.25, -0.2) is 4.98 Å². The maximum atomic E-state index is 11.6. The second-order valence-electron chi connectivity index (χ2n) is 7.38. The van der Waals surface area contributed by atoms with E-state index in [9.17, 15) is 4.79 Å². The predicted molar refractivity (Wildman–Crippen MR) is 120 cm³/mol. The maximum absolute atomic E-state index is 11.6. The maximum Gasteiger partial charge on any atom is 0.223 e. The van der Waals surface area contributed by atoms with Crippen molar-refractivity contribution in [3.8, 4) is 0 Å². The molecule has 2 rings (SSSR count). The van der Waals surface area contributed by atoms with Crippen molar-refractivity contribution in [2.75, 3.05) is 26.2 Å². The van der Waals surface area contributed by atoms with E-state index in [4.69, 9.17) is 4.98 Å². The van der Waals surface area contributed by atoms with Gasteiger partial charge >= 0.3 is 0 Å². The Hall–Kier alpha value is -0.900. The monoisotopic (exact) mass is 493 g/mol. The number of aliphatic imine (C=N–C) groups is 1. The number of nitrogens with zero attached hydrogens (tertiary/aromatic N) is 2. The third-order valence-electron chi connectivity index (χ3n) is 3.92. The van der Waals surface area contributed by atoms with Crippen LogP contribution in [0.15, 0.2) is 10.4 Å². The molecule has 6 nitrogen and oxygen atoms in total. The zero-order chi connectivity index (χ0) is 18.3. The molecule has 3 N–H and O–H groups in total. The van der Waals surface area contributed by atoms with Crippen molar-refractivity contribution in [3.05, 3.63) is 16.1 Å². The fourth-order valence-corrected chi connectivity index (χ4v) is 3.25. The lowest BCUT2D eigenvalue weighted by Crippen LogP contribution is -2.41. The molecule has 0 radical (unpaired) electrons. The molecule has 1 heterocycles. The number of amides is 1. The van der Waals surface area contributed by atoms with E-state index in [0.29, 0.717) is 19.6 Å². The van der Waals surface area contributed by atoms with Gasteiger partial charge in [0.15, 0.2) is 5.96 Å². The van der Waals surface area contributed by atoms with Gasteiger partial charge in [-0.15, -0.1) is 35.3 Å². The van der Waals surface area contributed by atoms with Crippen LogP contribution >= 0.6 is 35.3 Å². The van der Waals surface area contributed by atoms with Crippen LogP contribution < -0.4 is 16.0 Å². The molecule has 1 aromatic heterocycles. The Kier molecular flexibility index (Phi) is 9.84. The topological polar surface area (TPSA) is 78.4 Å². The molecular weight excluding hydrogens is 461 g/mol. The van der Waals surface area contributed by atoms with Gasteiger partial charge in [-0.3, -0.25) is 9.79 Å². The first kappa shape index (κ1) is 23.1. The number of rotatable bonds is 8. The molecule has 0 spiro atoms. The minimum absolute atomic E-state index is 0. The second kappa shape index (κ2) is 11.1. The summed E-state index contributed by atoms with van der Waals surface area (Å²) in [6.45, 7) is 11.4. The molecular formula is C18H32IN5OS. The number of nitrogens with one attached hydrogen (secondary N) is 3. The van der Waals surface area contributed by atoms with Gasteiger partial charge in [0.2, 0.25) is 5.91 Å². The Bertz CT molecular complexity index is 593. The number of carbonyl (C=O) groups is 1. The third kappa shape index (κ3) is 8.20. The molecule has 0 saturated heterocycles. The Morgan fingerprint density at radius 2 is 1.96 bits per heavy atom. The van der Waals surface area contributed by atoms with Crippen molar-refractivity contribution < 1.29 is 4.79 Å². The normalized spacial score (nSPS) is 14.5. The van der Waals surface area contributed by atoms with Crippen LogP contribution in [-0.2, 0) is 16.6 Å². The number of hydrogen-bond acceptors (Lipinski definition) is 4. The number of carbonyl (C=O) groups excluding carboxylic acids is 1. The zero-order valence-corrected chi connectivity index (χ0v) is 19.4. The highest BCUT2D eigenvalue weighted by molar-refractivity contribution is 14.0. The zero-order valence-electron chi connectivity index (χ0n) is 16.2. The van der Waals surface area contributed by atoms with Crippen LogP contribution in [0.5, 0.6) is 0 Å². The van der Waals surface area contributed by atoms with Crippen LogP contribution in [-0.4, -0.2) is 43.0 Å². The summed E-state index contributed by atoms with van der Waals surface area (Å²) in [6.07, 6.45) is 2.92. The van der Waals surface area contributed by atoms with Crippen LogP contribution in [0.2, 0.25) is 0 Å². The number of halogens is 1. The summed E-state index contributed by atoms with van der Waals surface area (Å²) in [7, 11) is 0. The quantitative estimate of drug-likeness (QED) is 0.225. The van der Waals surface area contributed by atoms with Crippen LogP contribution in [0.25, 0.3) is 0 Å². The molecule has 1 amide bonds. The Labute approximate surface area is 178 Å². The van der Waals surface area contributed by atoms with E-state index in [-0.39, 0.29) is 41.2 Å². The minimum atomic E-state index is 0. The standard InChI is InChI=1S/C18H31N5OS.HI/c1-5-19-17(22-11-10-20-16(24)13-6-7-13)21-9-8-15-23-14(12-25-15)18(2,3)4;/h12-13H,5-11H2,1-4H3,(H,20,24)(H2,19,21,22);1H. The molecule has 8 heteroatoms. The first-order chi connectivity index (χ1) is 11.9. The summed E-state index contributed by atoms with van der Waals surface area (Å²) >= 11 is 1.71. The lowest BCUT2D eigenvalue weighted by atomic mass is 9.93. The van der Waals surface area contributed by atoms with Gasteiger partial charge in [-0.05, 0) is 19.8 Å². The summed E-state index contributed by atoms with van der Waals surface area (Å²) in [6, 6.07) is 0. The molecule has 0 unspecified atom stereocenters. The van der Waals surface area contributed by atoms with Gasteiger partial charge in [0.25, 0.3) is 0 Å². The molecule has 0 bridgehead atoms. The molecule has 0 atom stereocenters. The van der Waals surface area contributed by atoms with Gasteiger partial charge < -0.3 is 16.0 Å². The summed E-state index contributed by atoms with van der Waals surface area (Å²) in [5.74, 6) is 1.23. The van der Waals surface area contributed by atoms with Crippen molar-refractivity contribution in [3.63, 3.8) is 0 Å². The van der Waals surface area contributed by atoms with Crippen LogP contribution in [0, 0.1) is 5.92 Å². The van der Waals surface area contributed by atoms with Gasteiger partial charge in [0, 0.05) is 49.3 Å². The van der Waals surface area contributed by atoms with E-state index in [1.54, 1.807) is 11.3 Å². The molecule has 148 valence electrons. The molecule has 26 heavy (non-hydrogen) atoms. The first-order valence-electron chi connectivity index (χ1n) is 9.15. The average molecular weight is 493 g/mol. The average Bonchev–Trinajstić information content (AvgIpc) is 3.29. The van der Waals surface area contributed by atoms with Crippen molar-refractivity contribution in [2.45, 2.75) is 52.4 Å².